The summed E-state index contributed by atoms with van der Waals surface area (Å²) in [5.41, 5.74) is 3.81. The number of anilines is 1. The molecule has 0 saturated carbocycles. The van der Waals surface area contributed by atoms with E-state index in [0.29, 0.717) is 16.8 Å². The fraction of sp³-hybridized carbons (Fsp3) is 0.238. The Bertz CT molecular complexity index is 1050. The number of benzene rings is 2. The first-order valence-corrected chi connectivity index (χ1v) is 10.3. The van der Waals surface area contributed by atoms with Crippen LogP contribution < -0.4 is 5.32 Å². The zero-order valence-electron chi connectivity index (χ0n) is 15.5. The fourth-order valence-electron chi connectivity index (χ4n) is 3.14. The van der Waals surface area contributed by atoms with Gasteiger partial charge in [0.05, 0.1) is 17.2 Å². The van der Waals surface area contributed by atoms with Crippen LogP contribution >= 0.6 is 11.8 Å². The van der Waals surface area contributed by atoms with Gasteiger partial charge in [0.2, 0.25) is 0 Å². The molecule has 2 heterocycles. The van der Waals surface area contributed by atoms with Crippen LogP contribution in [0.4, 0.5) is 5.69 Å². The zero-order valence-corrected chi connectivity index (χ0v) is 16.3. The van der Waals surface area contributed by atoms with Crippen LogP contribution in [0.15, 0.2) is 48.7 Å². The highest BCUT2D eigenvalue weighted by atomic mass is 32.2. The Labute approximate surface area is 167 Å². The Morgan fingerprint density at radius 1 is 1.07 bits per heavy atom. The normalized spacial score (nSPS) is 14.1. The van der Waals surface area contributed by atoms with E-state index < -0.39 is 0 Å². The number of aryl methyl sites for hydroxylation is 1. The lowest BCUT2D eigenvalue weighted by Crippen LogP contribution is -2.37. The molecule has 0 unspecified atom stereocenters. The molecule has 4 rings (SSSR count). The third-order valence-corrected chi connectivity index (χ3v) is 5.64. The number of nitrogens with zero attached hydrogens (tertiary/aromatic N) is 3. The molecule has 0 spiro atoms. The molecule has 1 fully saturated rings. The highest BCUT2D eigenvalue weighted by Crippen LogP contribution is 2.20. The number of amides is 2. The van der Waals surface area contributed by atoms with E-state index in [4.69, 9.17) is 0 Å². The maximum atomic E-state index is 12.6. The van der Waals surface area contributed by atoms with Gasteiger partial charge in [-0.25, -0.2) is 4.98 Å². The molecule has 1 aliphatic heterocycles. The minimum Gasteiger partial charge on any atom is -0.337 e. The number of hydrogen-bond donors (Lipinski definition) is 1. The summed E-state index contributed by atoms with van der Waals surface area (Å²) < 4.78 is 0. The predicted molar refractivity (Wildman–Crippen MR) is 112 cm³/mol. The van der Waals surface area contributed by atoms with Crippen molar-refractivity contribution in [2.24, 2.45) is 0 Å². The fourth-order valence-corrected chi connectivity index (χ4v) is 4.04. The van der Waals surface area contributed by atoms with E-state index in [1.54, 1.807) is 12.1 Å². The maximum Gasteiger partial charge on any atom is 0.275 e. The van der Waals surface area contributed by atoms with Crippen molar-refractivity contribution in [3.05, 3.63) is 65.5 Å². The minimum absolute atomic E-state index is 0.0432. The van der Waals surface area contributed by atoms with Crippen LogP contribution in [0.5, 0.6) is 0 Å². The summed E-state index contributed by atoms with van der Waals surface area (Å²) in [6, 6.07) is 12.8. The molecule has 7 heteroatoms. The van der Waals surface area contributed by atoms with Crippen LogP contribution in [0.2, 0.25) is 0 Å². The van der Waals surface area contributed by atoms with Gasteiger partial charge in [0.1, 0.15) is 5.69 Å². The van der Waals surface area contributed by atoms with E-state index in [0.717, 1.165) is 35.7 Å². The largest absolute Gasteiger partial charge is 0.337 e. The summed E-state index contributed by atoms with van der Waals surface area (Å²) in [5, 5.41) is 2.87. The molecule has 0 radical (unpaired) electrons. The number of thioether (sulfide) groups is 1. The Balaban J connectivity index is 1.51. The van der Waals surface area contributed by atoms with Crippen LogP contribution in [0.25, 0.3) is 11.0 Å². The van der Waals surface area contributed by atoms with Crippen molar-refractivity contribution in [3.8, 4) is 0 Å². The molecule has 6 nitrogen and oxygen atoms in total. The molecule has 3 aromatic rings. The lowest BCUT2D eigenvalue weighted by molar-refractivity contribution is 0.0772. The van der Waals surface area contributed by atoms with E-state index in [9.17, 15) is 9.59 Å². The number of hydrogen-bond acceptors (Lipinski definition) is 5. The smallest absolute Gasteiger partial charge is 0.275 e. The predicted octanol–water partition coefficient (Wildman–Crippen LogP) is 3.38. The number of carbonyl (C=O) groups excluding carboxylic acids is 2. The van der Waals surface area contributed by atoms with Crippen molar-refractivity contribution < 1.29 is 9.59 Å². The summed E-state index contributed by atoms with van der Waals surface area (Å²) in [7, 11) is 0. The van der Waals surface area contributed by atoms with Crippen LogP contribution in [0.3, 0.4) is 0 Å². The molecule has 0 bridgehead atoms. The van der Waals surface area contributed by atoms with E-state index in [1.165, 1.54) is 6.20 Å². The van der Waals surface area contributed by atoms with Crippen molar-refractivity contribution >= 4 is 40.3 Å². The van der Waals surface area contributed by atoms with Gasteiger partial charge >= 0.3 is 0 Å². The maximum absolute atomic E-state index is 12.6. The molecule has 2 amide bonds. The molecule has 28 heavy (non-hydrogen) atoms. The third-order valence-electron chi connectivity index (χ3n) is 4.70. The quantitative estimate of drug-likeness (QED) is 0.740. The molecule has 1 saturated heterocycles. The second-order valence-corrected chi connectivity index (χ2v) is 7.86. The average Bonchev–Trinajstić information content (AvgIpc) is 2.74. The van der Waals surface area contributed by atoms with E-state index >= 15 is 0 Å². The second kappa shape index (κ2) is 7.98. The van der Waals surface area contributed by atoms with Crippen molar-refractivity contribution in [2.45, 2.75) is 6.92 Å². The number of carbonyl (C=O) groups is 2. The molecular weight excluding hydrogens is 372 g/mol. The van der Waals surface area contributed by atoms with E-state index in [1.807, 2.05) is 53.9 Å². The van der Waals surface area contributed by atoms with Gasteiger partial charge in [-0.05, 0) is 42.8 Å². The standard InChI is InChI=1S/C21H20N4O2S/c1-14-12-15(21(27)25-8-10-28-11-9-25)6-7-16(14)24-20(26)19-13-22-17-4-2-3-5-18(17)23-19/h2-7,12-13H,8-11H2,1H3,(H,24,26). The number of fused-ring (bicyclic) bond motifs is 1. The number of para-hydroxylation sites is 2. The summed E-state index contributed by atoms with van der Waals surface area (Å²) >= 11 is 1.87. The van der Waals surface area contributed by atoms with E-state index in [2.05, 4.69) is 15.3 Å². The first-order chi connectivity index (χ1) is 13.6. The zero-order chi connectivity index (χ0) is 19.5. The molecule has 1 aromatic heterocycles. The van der Waals surface area contributed by atoms with Gasteiger partial charge < -0.3 is 10.2 Å². The molecular formula is C21H20N4O2S. The average molecular weight is 392 g/mol. The summed E-state index contributed by atoms with van der Waals surface area (Å²) in [5.74, 6) is 1.67. The molecule has 1 aliphatic rings. The van der Waals surface area contributed by atoms with Crippen molar-refractivity contribution in [3.63, 3.8) is 0 Å². The molecule has 142 valence electrons. The summed E-state index contributed by atoms with van der Waals surface area (Å²) in [6.45, 7) is 3.44. The van der Waals surface area contributed by atoms with Crippen LogP contribution in [-0.2, 0) is 0 Å². The molecule has 0 aliphatic carbocycles. The molecule has 1 N–H and O–H groups in total. The highest BCUT2D eigenvalue weighted by Gasteiger charge is 2.19. The number of rotatable bonds is 3. The Hall–Kier alpha value is -2.93. The Morgan fingerprint density at radius 2 is 1.82 bits per heavy atom. The second-order valence-electron chi connectivity index (χ2n) is 6.63. The van der Waals surface area contributed by atoms with Crippen LogP contribution in [-0.4, -0.2) is 51.3 Å². The van der Waals surface area contributed by atoms with Gasteiger partial charge in [0.25, 0.3) is 11.8 Å². The SMILES string of the molecule is Cc1cc(C(=O)N2CCSCC2)ccc1NC(=O)c1cnc2ccccc2n1. The van der Waals surface area contributed by atoms with Crippen molar-refractivity contribution in [1.29, 1.82) is 0 Å². The van der Waals surface area contributed by atoms with Crippen LogP contribution in [0, 0.1) is 6.92 Å². The topological polar surface area (TPSA) is 75.2 Å². The van der Waals surface area contributed by atoms with Crippen molar-refractivity contribution in [2.75, 3.05) is 29.9 Å². The first kappa shape index (κ1) is 18.4. The lowest BCUT2D eigenvalue weighted by atomic mass is 10.1. The monoisotopic (exact) mass is 392 g/mol. The van der Waals surface area contributed by atoms with Crippen molar-refractivity contribution in [1.82, 2.24) is 14.9 Å². The van der Waals surface area contributed by atoms with Gasteiger partial charge in [0, 0.05) is 35.8 Å². The van der Waals surface area contributed by atoms with E-state index in [-0.39, 0.29) is 17.5 Å². The first-order valence-electron chi connectivity index (χ1n) is 9.12. The Kier molecular flexibility index (Phi) is 5.25. The molecule has 0 atom stereocenters. The highest BCUT2D eigenvalue weighted by molar-refractivity contribution is 7.99. The number of aromatic nitrogens is 2. The van der Waals surface area contributed by atoms with Crippen LogP contribution in [0.1, 0.15) is 26.4 Å². The molecule has 2 aromatic carbocycles. The van der Waals surface area contributed by atoms with Gasteiger partial charge in [-0.1, -0.05) is 12.1 Å². The van der Waals surface area contributed by atoms with Gasteiger partial charge in [-0.15, -0.1) is 0 Å². The third kappa shape index (κ3) is 3.84. The van der Waals surface area contributed by atoms with Gasteiger partial charge in [-0.3, -0.25) is 14.6 Å². The minimum atomic E-state index is -0.325. The summed E-state index contributed by atoms with van der Waals surface area (Å²) in [4.78, 5) is 35.8. The summed E-state index contributed by atoms with van der Waals surface area (Å²) in [6.07, 6.45) is 1.47. The number of nitrogens with one attached hydrogen (secondary N) is 1. The lowest BCUT2D eigenvalue weighted by Gasteiger charge is -2.26. The Morgan fingerprint density at radius 3 is 2.57 bits per heavy atom. The van der Waals surface area contributed by atoms with Gasteiger partial charge in [0.15, 0.2) is 0 Å². The van der Waals surface area contributed by atoms with Gasteiger partial charge in [-0.2, -0.15) is 11.8 Å².